The molecule has 6 heteroatoms. The van der Waals surface area contributed by atoms with E-state index >= 15 is 0 Å². The van der Waals surface area contributed by atoms with Crippen molar-refractivity contribution in [2.24, 2.45) is 10.8 Å². The van der Waals surface area contributed by atoms with Crippen LogP contribution < -0.4 is 0 Å². The van der Waals surface area contributed by atoms with Crippen LogP contribution in [0, 0.1) is 10.8 Å². The highest BCUT2D eigenvalue weighted by Gasteiger charge is 2.31. The molecule has 0 bridgehead atoms. The largest absolute Gasteiger partial charge is 0.172 e. The first-order chi connectivity index (χ1) is 16.0. The second-order valence-electron chi connectivity index (χ2n) is 13.9. The topological polar surface area (TPSA) is 61.4 Å². The third kappa shape index (κ3) is 5.57. The number of hydrogen-bond donors (Lipinski definition) is 0. The summed E-state index contributed by atoms with van der Waals surface area (Å²) < 4.78 is 0. The third-order valence-electron chi connectivity index (χ3n) is 6.56. The monoisotopic (exact) mass is 474 g/mol. The lowest BCUT2D eigenvalue weighted by atomic mass is 9.72. The summed E-state index contributed by atoms with van der Waals surface area (Å²) in [6.07, 6.45) is 2.12. The summed E-state index contributed by atoms with van der Waals surface area (Å²) in [5.41, 5.74) is 6.65. The van der Waals surface area contributed by atoms with Gasteiger partial charge in [-0.3, -0.25) is 0 Å². The molecule has 35 heavy (non-hydrogen) atoms. The van der Waals surface area contributed by atoms with E-state index in [1.807, 2.05) is 12.1 Å². The highest BCUT2D eigenvalue weighted by atomic mass is 15.6. The van der Waals surface area contributed by atoms with E-state index in [4.69, 9.17) is 20.4 Å². The van der Waals surface area contributed by atoms with Crippen LogP contribution in [0.1, 0.15) is 93.2 Å². The molecule has 4 rings (SSSR count). The van der Waals surface area contributed by atoms with Crippen molar-refractivity contribution in [1.29, 1.82) is 0 Å². The fourth-order valence-electron chi connectivity index (χ4n) is 6.13. The van der Waals surface area contributed by atoms with Crippen LogP contribution in [0.2, 0.25) is 0 Å². The van der Waals surface area contributed by atoms with Gasteiger partial charge in [0.15, 0.2) is 6.67 Å². The van der Waals surface area contributed by atoms with E-state index in [0.29, 0.717) is 6.67 Å². The van der Waals surface area contributed by atoms with Crippen LogP contribution in [0.15, 0.2) is 36.4 Å². The maximum absolute atomic E-state index is 4.90. The number of aromatic nitrogens is 6. The molecule has 0 N–H and O–H groups in total. The summed E-state index contributed by atoms with van der Waals surface area (Å²) in [5, 5.41) is 19.3. The zero-order chi connectivity index (χ0) is 25.8. The molecule has 0 atom stereocenters. The maximum Gasteiger partial charge on any atom is 0.172 e. The molecule has 0 aliphatic carbocycles. The molecule has 4 aromatic rings. The smallest absolute Gasteiger partial charge is 0.160 e. The lowest BCUT2D eigenvalue weighted by molar-refractivity contribution is 0.284. The van der Waals surface area contributed by atoms with Crippen LogP contribution in [-0.2, 0) is 17.5 Å². The van der Waals surface area contributed by atoms with Gasteiger partial charge in [0.25, 0.3) is 0 Å². The van der Waals surface area contributed by atoms with Gasteiger partial charge in [-0.05, 0) is 57.8 Å². The minimum absolute atomic E-state index is 0.00913. The summed E-state index contributed by atoms with van der Waals surface area (Å²) in [6, 6.07) is 12.6. The summed E-state index contributed by atoms with van der Waals surface area (Å²) in [7, 11) is 0. The number of rotatable bonds is 6. The lowest BCUT2D eigenvalue weighted by Gasteiger charge is -2.33. The van der Waals surface area contributed by atoms with Crippen LogP contribution in [0.25, 0.3) is 22.1 Å². The lowest BCUT2D eigenvalue weighted by Crippen LogP contribution is -2.25. The van der Waals surface area contributed by atoms with E-state index < -0.39 is 0 Å². The van der Waals surface area contributed by atoms with E-state index in [-0.39, 0.29) is 21.7 Å². The maximum atomic E-state index is 4.90. The average molecular weight is 475 g/mol. The van der Waals surface area contributed by atoms with Crippen LogP contribution in [0.3, 0.4) is 0 Å². The molecule has 6 nitrogen and oxygen atoms in total. The van der Waals surface area contributed by atoms with Gasteiger partial charge < -0.3 is 0 Å². The Morgan fingerprint density at radius 3 is 1.26 bits per heavy atom. The van der Waals surface area contributed by atoms with Gasteiger partial charge in [-0.15, -0.1) is 0 Å². The van der Waals surface area contributed by atoms with Crippen molar-refractivity contribution in [2.45, 2.75) is 99.6 Å². The molecule has 0 saturated carbocycles. The van der Waals surface area contributed by atoms with E-state index in [2.05, 4.69) is 93.5 Å². The van der Waals surface area contributed by atoms with Crippen molar-refractivity contribution in [3.8, 4) is 0 Å². The van der Waals surface area contributed by atoms with E-state index in [1.54, 1.807) is 9.59 Å². The van der Waals surface area contributed by atoms with Crippen molar-refractivity contribution in [3.05, 3.63) is 47.5 Å². The highest BCUT2D eigenvalue weighted by Crippen LogP contribution is 2.39. The van der Waals surface area contributed by atoms with Crippen LogP contribution in [0.5, 0.6) is 0 Å². The Labute approximate surface area is 210 Å². The molecule has 0 radical (unpaired) electrons. The van der Waals surface area contributed by atoms with Gasteiger partial charge in [0, 0.05) is 0 Å². The van der Waals surface area contributed by atoms with E-state index in [9.17, 15) is 0 Å². The molecule has 2 aromatic heterocycles. The van der Waals surface area contributed by atoms with E-state index in [0.717, 1.165) is 34.9 Å². The van der Waals surface area contributed by atoms with Crippen molar-refractivity contribution in [1.82, 2.24) is 30.0 Å². The molecule has 0 fully saturated rings. The minimum Gasteiger partial charge on any atom is -0.160 e. The normalized spacial score (nSPS) is 13.8. The summed E-state index contributed by atoms with van der Waals surface area (Å²) in [5.74, 6) is 0. The van der Waals surface area contributed by atoms with Gasteiger partial charge in [-0.25, -0.2) is 0 Å². The van der Waals surface area contributed by atoms with Crippen molar-refractivity contribution >= 4 is 22.1 Å². The minimum atomic E-state index is -0.00913. The average Bonchev–Trinajstić information content (AvgIpc) is 3.26. The standard InChI is InChI=1S/C29H42N6/c1-26(2,3)17-28(7,8)20-13-11-15-22-24(20)32-34(30-22)19-35-31-23-16-12-14-21(25(23)33-35)29(9,10)18-27(4,5)6/h11-16H,17-19H2,1-10H3. The molecule has 2 aromatic carbocycles. The molecule has 0 saturated heterocycles. The van der Waals surface area contributed by atoms with Gasteiger partial charge in [0.1, 0.15) is 22.1 Å². The Hall–Kier alpha value is -2.76. The van der Waals surface area contributed by atoms with Gasteiger partial charge >= 0.3 is 0 Å². The summed E-state index contributed by atoms with van der Waals surface area (Å²) in [4.78, 5) is 3.44. The zero-order valence-corrected chi connectivity index (χ0v) is 23.3. The van der Waals surface area contributed by atoms with Crippen molar-refractivity contribution < 1.29 is 0 Å². The highest BCUT2D eigenvalue weighted by molar-refractivity contribution is 5.79. The molecular formula is C29H42N6. The first-order valence-electron chi connectivity index (χ1n) is 12.7. The van der Waals surface area contributed by atoms with Gasteiger partial charge in [0.05, 0.1) is 0 Å². The van der Waals surface area contributed by atoms with Gasteiger partial charge in [-0.1, -0.05) is 93.5 Å². The first-order valence-corrected chi connectivity index (χ1v) is 12.7. The molecule has 188 valence electrons. The summed E-state index contributed by atoms with van der Waals surface area (Å²) >= 11 is 0. The number of fused-ring (bicyclic) bond motifs is 2. The summed E-state index contributed by atoms with van der Waals surface area (Å²) in [6.45, 7) is 23.3. The number of benzene rings is 2. The van der Waals surface area contributed by atoms with Crippen LogP contribution >= 0.6 is 0 Å². The Kier molecular flexibility index (Phi) is 6.10. The van der Waals surface area contributed by atoms with E-state index in [1.165, 1.54) is 11.1 Å². The Balaban J connectivity index is 1.68. The number of hydrogen-bond acceptors (Lipinski definition) is 4. The predicted molar refractivity (Wildman–Crippen MR) is 145 cm³/mol. The zero-order valence-electron chi connectivity index (χ0n) is 23.3. The molecule has 2 heterocycles. The molecule has 0 amide bonds. The quantitative estimate of drug-likeness (QED) is 0.299. The fourth-order valence-corrected chi connectivity index (χ4v) is 6.13. The SMILES string of the molecule is CC(C)(C)CC(C)(C)c1cccc2nn(Cn3nc4cccc(C(C)(C)CC(C)(C)C)c4n3)nc12. The van der Waals surface area contributed by atoms with Crippen LogP contribution in [-0.4, -0.2) is 30.0 Å². The molecule has 0 spiro atoms. The fraction of sp³-hybridized carbons (Fsp3) is 0.586. The van der Waals surface area contributed by atoms with Crippen LogP contribution in [0.4, 0.5) is 0 Å². The first kappa shape index (κ1) is 25.3. The molecular weight excluding hydrogens is 432 g/mol. The molecule has 0 unspecified atom stereocenters. The Morgan fingerprint density at radius 2 is 0.914 bits per heavy atom. The van der Waals surface area contributed by atoms with Crippen molar-refractivity contribution in [3.63, 3.8) is 0 Å². The molecule has 0 aliphatic heterocycles. The van der Waals surface area contributed by atoms with Crippen molar-refractivity contribution in [2.75, 3.05) is 0 Å². The van der Waals surface area contributed by atoms with Gasteiger partial charge in [0.2, 0.25) is 0 Å². The second-order valence-corrected chi connectivity index (χ2v) is 13.9. The van der Waals surface area contributed by atoms with Gasteiger partial charge in [-0.2, -0.15) is 30.0 Å². The predicted octanol–water partition coefficient (Wildman–Crippen LogP) is 7.11. The Bertz CT molecular complexity index is 1240. The Morgan fingerprint density at radius 1 is 0.543 bits per heavy atom. The third-order valence-corrected chi connectivity index (χ3v) is 6.56. The number of nitrogens with zero attached hydrogens (tertiary/aromatic N) is 6. The second kappa shape index (κ2) is 8.42. The molecule has 0 aliphatic rings.